The second kappa shape index (κ2) is 7.10. The van der Waals surface area contributed by atoms with Crippen LogP contribution in [0.3, 0.4) is 0 Å². The van der Waals surface area contributed by atoms with Gasteiger partial charge in [-0.05, 0) is 49.1 Å². The molecule has 0 spiro atoms. The number of ether oxygens (including phenoxy) is 1. The van der Waals surface area contributed by atoms with E-state index in [4.69, 9.17) is 4.74 Å². The van der Waals surface area contributed by atoms with E-state index in [1.807, 2.05) is 63.2 Å². The predicted octanol–water partition coefficient (Wildman–Crippen LogP) is 5.51. The van der Waals surface area contributed by atoms with Gasteiger partial charge < -0.3 is 4.74 Å². The van der Waals surface area contributed by atoms with Gasteiger partial charge in [0.15, 0.2) is 0 Å². The molecule has 0 aliphatic rings. The molecule has 128 valence electrons. The van der Waals surface area contributed by atoms with Crippen molar-refractivity contribution in [2.75, 3.05) is 0 Å². The molecule has 0 radical (unpaired) electrons. The van der Waals surface area contributed by atoms with Crippen LogP contribution in [0.15, 0.2) is 72.8 Å². The van der Waals surface area contributed by atoms with Crippen molar-refractivity contribution in [3.8, 4) is 0 Å². The normalized spacial score (nSPS) is 12.8. The van der Waals surface area contributed by atoms with Crippen LogP contribution in [-0.4, -0.2) is 11.6 Å². The summed E-state index contributed by atoms with van der Waals surface area (Å²) in [6, 6.07) is 24.4. The number of rotatable bonds is 4. The summed E-state index contributed by atoms with van der Waals surface area (Å²) in [6.45, 7) is 5.73. The number of hydrogen-bond acceptors (Lipinski definition) is 2. The van der Waals surface area contributed by atoms with E-state index in [1.165, 1.54) is 0 Å². The van der Waals surface area contributed by atoms with Crippen molar-refractivity contribution in [1.82, 2.24) is 0 Å². The molecule has 0 fully saturated rings. The third-order valence-electron chi connectivity index (χ3n) is 4.17. The zero-order valence-electron chi connectivity index (χ0n) is 15.0. The molecule has 2 heteroatoms. The summed E-state index contributed by atoms with van der Waals surface area (Å²) in [6.07, 6.45) is 0.629. The molecule has 0 aliphatic heterocycles. The maximum Gasteiger partial charge on any atom is 0.314 e. The third-order valence-corrected chi connectivity index (χ3v) is 4.17. The van der Waals surface area contributed by atoms with Gasteiger partial charge in [-0.1, -0.05) is 72.8 Å². The van der Waals surface area contributed by atoms with Crippen molar-refractivity contribution < 1.29 is 9.53 Å². The molecule has 25 heavy (non-hydrogen) atoms. The average molecular weight is 332 g/mol. The van der Waals surface area contributed by atoms with Crippen LogP contribution in [0.1, 0.15) is 37.8 Å². The molecule has 0 unspecified atom stereocenters. The maximum absolute atomic E-state index is 13.0. The zero-order chi connectivity index (χ0) is 17.9. The Hall–Kier alpha value is -2.61. The van der Waals surface area contributed by atoms with Crippen molar-refractivity contribution in [3.63, 3.8) is 0 Å². The molecule has 0 N–H and O–H groups in total. The molecular weight excluding hydrogens is 308 g/mol. The quantitative estimate of drug-likeness (QED) is 0.589. The minimum Gasteiger partial charge on any atom is -0.459 e. The molecule has 1 atom stereocenters. The molecule has 0 bridgehead atoms. The van der Waals surface area contributed by atoms with Crippen LogP contribution in [0, 0.1) is 0 Å². The second-order valence-electron chi connectivity index (χ2n) is 7.34. The molecule has 0 aromatic heterocycles. The molecule has 2 nitrogen and oxygen atoms in total. The second-order valence-corrected chi connectivity index (χ2v) is 7.34. The smallest absolute Gasteiger partial charge is 0.314 e. The van der Waals surface area contributed by atoms with Crippen molar-refractivity contribution in [1.29, 1.82) is 0 Å². The number of carbonyl (C=O) groups is 1. The van der Waals surface area contributed by atoms with E-state index < -0.39 is 5.60 Å². The van der Waals surface area contributed by atoms with Crippen LogP contribution >= 0.6 is 0 Å². The van der Waals surface area contributed by atoms with Crippen LogP contribution in [-0.2, 0) is 16.0 Å². The summed E-state index contributed by atoms with van der Waals surface area (Å²) in [7, 11) is 0. The monoisotopic (exact) mass is 332 g/mol. The Bertz CT molecular complexity index is 855. The minimum atomic E-state index is -0.503. The van der Waals surface area contributed by atoms with Crippen LogP contribution in [0.25, 0.3) is 10.8 Å². The van der Waals surface area contributed by atoms with Gasteiger partial charge in [0.2, 0.25) is 0 Å². The first kappa shape index (κ1) is 17.2. The summed E-state index contributed by atoms with van der Waals surface area (Å²) in [5.41, 5.74) is 1.65. The van der Waals surface area contributed by atoms with Crippen molar-refractivity contribution in [2.24, 2.45) is 0 Å². The van der Waals surface area contributed by atoms with Gasteiger partial charge in [-0.15, -0.1) is 0 Å². The first-order valence-electron chi connectivity index (χ1n) is 8.68. The zero-order valence-corrected chi connectivity index (χ0v) is 15.0. The molecule has 0 saturated carbocycles. The number of carbonyl (C=O) groups excluding carboxylic acids is 1. The Morgan fingerprint density at radius 2 is 1.52 bits per heavy atom. The van der Waals surface area contributed by atoms with Gasteiger partial charge in [0.25, 0.3) is 0 Å². The van der Waals surface area contributed by atoms with Gasteiger partial charge in [-0.2, -0.15) is 0 Å². The highest BCUT2D eigenvalue weighted by Crippen LogP contribution is 2.30. The van der Waals surface area contributed by atoms with Crippen LogP contribution in [0.2, 0.25) is 0 Å². The summed E-state index contributed by atoms with van der Waals surface area (Å²) < 4.78 is 5.74. The highest BCUT2D eigenvalue weighted by Gasteiger charge is 2.28. The fraction of sp³-hybridized carbons (Fsp3) is 0.261. The predicted molar refractivity (Wildman–Crippen MR) is 103 cm³/mol. The highest BCUT2D eigenvalue weighted by molar-refractivity contribution is 5.91. The first-order chi connectivity index (χ1) is 11.9. The molecule has 3 rings (SSSR count). The van der Waals surface area contributed by atoms with Gasteiger partial charge in [0.05, 0.1) is 5.92 Å². The van der Waals surface area contributed by atoms with E-state index in [-0.39, 0.29) is 11.9 Å². The summed E-state index contributed by atoms with van der Waals surface area (Å²) >= 11 is 0. The Labute approximate surface area is 149 Å². The van der Waals surface area contributed by atoms with Crippen LogP contribution in [0.5, 0.6) is 0 Å². The standard InChI is InChI=1S/C23H24O2/c1-23(2,3)25-22(24)21(16-17-10-5-4-6-11-17)20-15-9-13-18-12-7-8-14-19(18)20/h4-15,21H,16H2,1-3H3/t21-/m0/s1. The number of esters is 1. The lowest BCUT2D eigenvalue weighted by Gasteiger charge is -2.25. The number of benzene rings is 3. The van der Waals surface area contributed by atoms with Crippen LogP contribution in [0.4, 0.5) is 0 Å². The molecule has 0 saturated heterocycles. The lowest BCUT2D eigenvalue weighted by molar-refractivity contribution is -0.156. The third kappa shape index (κ3) is 4.27. The van der Waals surface area contributed by atoms with E-state index >= 15 is 0 Å². The largest absolute Gasteiger partial charge is 0.459 e. The van der Waals surface area contributed by atoms with Gasteiger partial charge in [0.1, 0.15) is 5.60 Å². The highest BCUT2D eigenvalue weighted by atomic mass is 16.6. The van der Waals surface area contributed by atoms with E-state index in [0.717, 1.165) is 21.9 Å². The topological polar surface area (TPSA) is 26.3 Å². The van der Waals surface area contributed by atoms with Gasteiger partial charge in [0, 0.05) is 0 Å². The fourth-order valence-electron chi connectivity index (χ4n) is 3.10. The summed E-state index contributed by atoms with van der Waals surface area (Å²) in [4.78, 5) is 13.0. The molecule has 0 heterocycles. The van der Waals surface area contributed by atoms with Gasteiger partial charge in [-0.25, -0.2) is 0 Å². The van der Waals surface area contributed by atoms with Crippen molar-refractivity contribution in [2.45, 2.75) is 38.7 Å². The number of fused-ring (bicyclic) bond motifs is 1. The van der Waals surface area contributed by atoms with E-state index in [2.05, 4.69) is 30.3 Å². The lowest BCUT2D eigenvalue weighted by atomic mass is 9.88. The van der Waals surface area contributed by atoms with E-state index in [9.17, 15) is 4.79 Å². The van der Waals surface area contributed by atoms with Crippen LogP contribution < -0.4 is 0 Å². The summed E-state index contributed by atoms with van der Waals surface area (Å²) in [5, 5.41) is 2.25. The minimum absolute atomic E-state index is 0.173. The first-order valence-corrected chi connectivity index (χ1v) is 8.68. The maximum atomic E-state index is 13.0. The summed E-state index contributed by atoms with van der Waals surface area (Å²) in [5.74, 6) is -0.500. The molecular formula is C23H24O2. The van der Waals surface area contributed by atoms with Gasteiger partial charge in [-0.3, -0.25) is 4.79 Å². The van der Waals surface area contributed by atoms with Crippen molar-refractivity contribution in [3.05, 3.63) is 83.9 Å². The Morgan fingerprint density at radius 3 is 2.24 bits per heavy atom. The Morgan fingerprint density at radius 1 is 0.880 bits per heavy atom. The fourth-order valence-corrected chi connectivity index (χ4v) is 3.10. The molecule has 3 aromatic carbocycles. The van der Waals surface area contributed by atoms with Crippen molar-refractivity contribution >= 4 is 16.7 Å². The molecule has 0 aliphatic carbocycles. The number of hydrogen-bond donors (Lipinski definition) is 0. The Kier molecular flexibility index (Phi) is 4.89. The Balaban J connectivity index is 2.05. The van der Waals surface area contributed by atoms with Gasteiger partial charge >= 0.3 is 5.97 Å². The van der Waals surface area contributed by atoms with E-state index in [1.54, 1.807) is 0 Å². The average Bonchev–Trinajstić information content (AvgIpc) is 2.59. The molecule has 3 aromatic rings. The lowest BCUT2D eigenvalue weighted by Crippen LogP contribution is -2.28. The van der Waals surface area contributed by atoms with E-state index in [0.29, 0.717) is 6.42 Å². The molecule has 0 amide bonds. The SMILES string of the molecule is CC(C)(C)OC(=O)[C@@H](Cc1ccccc1)c1cccc2ccccc12.